The molecule has 2 heteroatoms. The average Bonchev–Trinajstić information content (AvgIpc) is 2.49. The summed E-state index contributed by atoms with van der Waals surface area (Å²) in [5.74, 6) is 0. The normalized spacial score (nSPS) is 10.8. The second kappa shape index (κ2) is 5.57. The molecular weight excluding hydrogens is 256 g/mol. The Hall–Kier alpha value is -2.35. The van der Waals surface area contributed by atoms with Crippen molar-refractivity contribution in [3.8, 4) is 0 Å². The molecule has 106 valence electrons. The molecule has 0 amide bonds. The lowest BCUT2D eigenvalue weighted by molar-refractivity contribution is 1.10. The monoisotopic (exact) mass is 276 g/mol. The van der Waals surface area contributed by atoms with Crippen molar-refractivity contribution in [2.45, 2.75) is 27.3 Å². The van der Waals surface area contributed by atoms with Crippen LogP contribution in [0.2, 0.25) is 0 Å². The number of aromatic nitrogens is 1. The largest absolute Gasteiger partial charge is 0.380 e. The Labute approximate surface area is 125 Å². The van der Waals surface area contributed by atoms with Crippen LogP contribution >= 0.6 is 0 Å². The van der Waals surface area contributed by atoms with E-state index in [4.69, 9.17) is 0 Å². The maximum Gasteiger partial charge on any atom is 0.0703 e. The first-order chi connectivity index (χ1) is 10.1. The number of pyridine rings is 1. The summed E-state index contributed by atoms with van der Waals surface area (Å²) in [5, 5.41) is 4.64. The first kappa shape index (κ1) is 13.6. The van der Waals surface area contributed by atoms with Gasteiger partial charge in [0.2, 0.25) is 0 Å². The topological polar surface area (TPSA) is 24.9 Å². The molecule has 0 saturated carbocycles. The number of nitrogens with zero attached hydrogens (tertiary/aromatic N) is 1. The summed E-state index contributed by atoms with van der Waals surface area (Å²) in [5.41, 5.74) is 7.46. The second-order valence-corrected chi connectivity index (χ2v) is 5.63. The molecule has 3 aromatic rings. The van der Waals surface area contributed by atoms with Gasteiger partial charge in [0.25, 0.3) is 0 Å². The lowest BCUT2D eigenvalue weighted by atomic mass is 10.0. The van der Waals surface area contributed by atoms with Crippen molar-refractivity contribution >= 4 is 16.6 Å². The van der Waals surface area contributed by atoms with E-state index >= 15 is 0 Å². The molecule has 0 spiro atoms. The van der Waals surface area contributed by atoms with Crippen LogP contribution in [0, 0.1) is 20.8 Å². The van der Waals surface area contributed by atoms with Gasteiger partial charge in [0.1, 0.15) is 0 Å². The Morgan fingerprint density at radius 2 is 1.67 bits per heavy atom. The molecule has 1 N–H and O–H groups in total. The van der Waals surface area contributed by atoms with Crippen LogP contribution in [0.25, 0.3) is 10.9 Å². The molecule has 0 aliphatic rings. The van der Waals surface area contributed by atoms with Gasteiger partial charge in [0, 0.05) is 11.9 Å². The number of hydrogen-bond donors (Lipinski definition) is 1. The van der Waals surface area contributed by atoms with Gasteiger partial charge in [-0.1, -0.05) is 30.3 Å². The predicted molar refractivity (Wildman–Crippen MR) is 89.7 cm³/mol. The maximum absolute atomic E-state index is 4.49. The molecule has 0 aliphatic carbocycles. The molecule has 3 rings (SSSR count). The minimum atomic E-state index is 0.826. The molecule has 0 aliphatic heterocycles. The lowest BCUT2D eigenvalue weighted by Gasteiger charge is -2.12. The third kappa shape index (κ3) is 2.89. The van der Waals surface area contributed by atoms with Crippen molar-refractivity contribution in [1.29, 1.82) is 0 Å². The zero-order chi connectivity index (χ0) is 14.8. The minimum Gasteiger partial charge on any atom is -0.380 e. The van der Waals surface area contributed by atoms with E-state index in [9.17, 15) is 0 Å². The van der Waals surface area contributed by atoms with Crippen LogP contribution in [0.1, 0.15) is 22.3 Å². The van der Waals surface area contributed by atoms with Gasteiger partial charge in [-0.2, -0.15) is 0 Å². The van der Waals surface area contributed by atoms with Crippen molar-refractivity contribution in [2.75, 3.05) is 5.32 Å². The summed E-state index contributed by atoms with van der Waals surface area (Å²) in [6.07, 6.45) is 1.90. The van der Waals surface area contributed by atoms with Gasteiger partial charge in [0.15, 0.2) is 0 Å². The summed E-state index contributed by atoms with van der Waals surface area (Å²) in [7, 11) is 0. The average molecular weight is 276 g/mol. The van der Waals surface area contributed by atoms with E-state index in [1.165, 1.54) is 27.6 Å². The van der Waals surface area contributed by atoms with Crippen LogP contribution in [0.4, 0.5) is 5.69 Å². The van der Waals surface area contributed by atoms with Crippen molar-refractivity contribution in [1.82, 2.24) is 4.98 Å². The zero-order valence-corrected chi connectivity index (χ0v) is 12.8. The van der Waals surface area contributed by atoms with E-state index in [1.807, 2.05) is 24.4 Å². The molecule has 1 aromatic heterocycles. The zero-order valence-electron chi connectivity index (χ0n) is 12.8. The molecule has 1 heterocycles. The fraction of sp³-hybridized carbons (Fsp3) is 0.211. The summed E-state index contributed by atoms with van der Waals surface area (Å²) in [6, 6.07) is 14.9. The van der Waals surface area contributed by atoms with Crippen molar-refractivity contribution in [3.63, 3.8) is 0 Å². The SMILES string of the molecule is Cc1cc(C)c(CNc2cnc3ccccc3c2)cc1C. The van der Waals surface area contributed by atoms with Crippen LogP contribution in [-0.2, 0) is 6.54 Å². The van der Waals surface area contributed by atoms with Crippen LogP contribution < -0.4 is 5.32 Å². The van der Waals surface area contributed by atoms with Gasteiger partial charge >= 0.3 is 0 Å². The highest BCUT2D eigenvalue weighted by molar-refractivity contribution is 5.81. The van der Waals surface area contributed by atoms with Crippen LogP contribution in [0.5, 0.6) is 0 Å². The van der Waals surface area contributed by atoms with Crippen molar-refractivity contribution in [2.24, 2.45) is 0 Å². The van der Waals surface area contributed by atoms with E-state index in [0.29, 0.717) is 0 Å². The number of aryl methyl sites for hydroxylation is 3. The number of anilines is 1. The van der Waals surface area contributed by atoms with E-state index in [1.54, 1.807) is 0 Å². The fourth-order valence-electron chi connectivity index (χ4n) is 2.58. The van der Waals surface area contributed by atoms with E-state index in [0.717, 1.165) is 17.7 Å². The molecular formula is C19H20N2. The number of fused-ring (bicyclic) bond motifs is 1. The molecule has 21 heavy (non-hydrogen) atoms. The second-order valence-electron chi connectivity index (χ2n) is 5.63. The van der Waals surface area contributed by atoms with E-state index in [2.05, 4.69) is 55.3 Å². The summed E-state index contributed by atoms with van der Waals surface area (Å²) < 4.78 is 0. The number of nitrogens with one attached hydrogen (secondary N) is 1. The van der Waals surface area contributed by atoms with Crippen molar-refractivity contribution in [3.05, 3.63) is 70.9 Å². The Morgan fingerprint density at radius 3 is 2.52 bits per heavy atom. The molecule has 0 saturated heterocycles. The number of rotatable bonds is 3. The van der Waals surface area contributed by atoms with Gasteiger partial charge in [-0.05, 0) is 55.2 Å². The fourth-order valence-corrected chi connectivity index (χ4v) is 2.58. The Bertz CT molecular complexity index is 791. The summed E-state index contributed by atoms with van der Waals surface area (Å²) >= 11 is 0. The van der Waals surface area contributed by atoms with Crippen LogP contribution in [0.15, 0.2) is 48.7 Å². The number of hydrogen-bond acceptors (Lipinski definition) is 2. The van der Waals surface area contributed by atoms with Crippen LogP contribution in [-0.4, -0.2) is 4.98 Å². The number of benzene rings is 2. The molecule has 0 atom stereocenters. The van der Waals surface area contributed by atoms with Gasteiger partial charge in [-0.15, -0.1) is 0 Å². The maximum atomic E-state index is 4.49. The first-order valence-corrected chi connectivity index (χ1v) is 7.29. The quantitative estimate of drug-likeness (QED) is 0.745. The molecule has 2 nitrogen and oxygen atoms in total. The Kier molecular flexibility index (Phi) is 3.61. The molecule has 0 unspecified atom stereocenters. The molecule has 2 aromatic carbocycles. The Morgan fingerprint density at radius 1 is 0.905 bits per heavy atom. The van der Waals surface area contributed by atoms with Crippen LogP contribution in [0.3, 0.4) is 0 Å². The van der Waals surface area contributed by atoms with Gasteiger partial charge in [0.05, 0.1) is 17.4 Å². The smallest absolute Gasteiger partial charge is 0.0703 e. The standard InChI is InChI=1S/C19H20N2/c1-13-8-15(3)17(9-14(13)2)11-20-18-10-16-6-4-5-7-19(16)21-12-18/h4-10,12,20H,11H2,1-3H3. The molecule has 0 fully saturated rings. The van der Waals surface area contributed by atoms with Gasteiger partial charge in [-0.3, -0.25) is 4.98 Å². The van der Waals surface area contributed by atoms with Crippen molar-refractivity contribution < 1.29 is 0 Å². The highest BCUT2D eigenvalue weighted by Crippen LogP contribution is 2.19. The first-order valence-electron chi connectivity index (χ1n) is 7.29. The number of para-hydroxylation sites is 1. The third-order valence-corrected chi connectivity index (χ3v) is 4.03. The predicted octanol–water partition coefficient (Wildman–Crippen LogP) is 4.77. The van der Waals surface area contributed by atoms with Gasteiger partial charge < -0.3 is 5.32 Å². The highest BCUT2D eigenvalue weighted by Gasteiger charge is 2.03. The Balaban J connectivity index is 1.81. The van der Waals surface area contributed by atoms with E-state index in [-0.39, 0.29) is 0 Å². The summed E-state index contributed by atoms with van der Waals surface area (Å²) in [4.78, 5) is 4.49. The molecule has 0 radical (unpaired) electrons. The lowest BCUT2D eigenvalue weighted by Crippen LogP contribution is -2.03. The minimum absolute atomic E-state index is 0.826. The molecule has 0 bridgehead atoms. The summed E-state index contributed by atoms with van der Waals surface area (Å²) in [6.45, 7) is 7.32. The van der Waals surface area contributed by atoms with Gasteiger partial charge in [-0.25, -0.2) is 0 Å². The van der Waals surface area contributed by atoms with E-state index < -0.39 is 0 Å². The highest BCUT2D eigenvalue weighted by atomic mass is 14.9. The third-order valence-electron chi connectivity index (χ3n) is 4.03.